The molecular formula is C16H19ClO2. The molecular weight excluding hydrogens is 260 g/mol. The Labute approximate surface area is 119 Å². The number of ether oxygens (including phenoxy) is 1. The normalized spacial score (nSPS) is 21.7. The molecule has 0 aliphatic heterocycles. The second-order valence-corrected chi connectivity index (χ2v) is 5.34. The van der Waals surface area contributed by atoms with E-state index in [4.69, 9.17) is 16.3 Å². The summed E-state index contributed by atoms with van der Waals surface area (Å²) in [5.74, 6) is 0.926. The van der Waals surface area contributed by atoms with Crippen LogP contribution in [0.2, 0.25) is 0 Å². The molecule has 0 saturated heterocycles. The van der Waals surface area contributed by atoms with Crippen LogP contribution in [0.3, 0.4) is 0 Å². The summed E-state index contributed by atoms with van der Waals surface area (Å²) >= 11 is 6.01. The van der Waals surface area contributed by atoms with E-state index < -0.39 is 0 Å². The van der Waals surface area contributed by atoms with Gasteiger partial charge in [0.25, 0.3) is 0 Å². The van der Waals surface area contributed by atoms with Crippen molar-refractivity contribution < 1.29 is 9.53 Å². The predicted molar refractivity (Wildman–Crippen MR) is 78.7 cm³/mol. The van der Waals surface area contributed by atoms with Crippen LogP contribution in [-0.2, 0) is 4.79 Å². The highest BCUT2D eigenvalue weighted by molar-refractivity contribution is 6.34. The standard InChI is InChI=1S/C16H19ClO2/c1-2-9-19-14-7-3-5-12(11-14)10-13-6-4-8-15(17)16(13)18/h3,5,7,10-11,15H,2,4,6,8-9H2,1H3. The van der Waals surface area contributed by atoms with Crippen LogP contribution in [0.15, 0.2) is 29.8 Å². The van der Waals surface area contributed by atoms with Gasteiger partial charge >= 0.3 is 0 Å². The molecule has 0 spiro atoms. The SMILES string of the molecule is CCCOc1cccc(C=C2CCCC(Cl)C2=O)c1. The van der Waals surface area contributed by atoms with Crippen molar-refractivity contribution in [2.45, 2.75) is 38.0 Å². The van der Waals surface area contributed by atoms with E-state index in [0.29, 0.717) is 6.61 Å². The highest BCUT2D eigenvalue weighted by Gasteiger charge is 2.24. The predicted octanol–water partition coefficient (Wildman–Crippen LogP) is 4.22. The van der Waals surface area contributed by atoms with Gasteiger partial charge in [-0.2, -0.15) is 0 Å². The van der Waals surface area contributed by atoms with E-state index in [1.807, 2.05) is 30.3 Å². The molecule has 3 heteroatoms. The molecule has 1 aromatic rings. The molecule has 0 aromatic heterocycles. The lowest BCUT2D eigenvalue weighted by Crippen LogP contribution is -2.21. The van der Waals surface area contributed by atoms with Crippen LogP contribution in [0.25, 0.3) is 6.08 Å². The number of hydrogen-bond acceptors (Lipinski definition) is 2. The molecule has 0 amide bonds. The Morgan fingerprint density at radius 3 is 3.11 bits per heavy atom. The Kier molecular flexibility index (Phi) is 5.03. The molecule has 2 rings (SSSR count). The highest BCUT2D eigenvalue weighted by atomic mass is 35.5. The zero-order valence-electron chi connectivity index (χ0n) is 11.2. The monoisotopic (exact) mass is 278 g/mol. The maximum absolute atomic E-state index is 12.0. The fourth-order valence-electron chi connectivity index (χ4n) is 2.19. The zero-order chi connectivity index (χ0) is 13.7. The number of allylic oxidation sites excluding steroid dienone is 1. The van der Waals surface area contributed by atoms with Gasteiger partial charge in [-0.1, -0.05) is 19.1 Å². The number of carbonyl (C=O) groups is 1. The highest BCUT2D eigenvalue weighted by Crippen LogP contribution is 2.26. The maximum Gasteiger partial charge on any atom is 0.176 e. The van der Waals surface area contributed by atoms with Crippen LogP contribution in [0, 0.1) is 0 Å². The molecule has 102 valence electrons. The minimum atomic E-state index is -0.348. The second-order valence-electron chi connectivity index (χ2n) is 4.81. The van der Waals surface area contributed by atoms with E-state index in [0.717, 1.165) is 42.6 Å². The topological polar surface area (TPSA) is 26.3 Å². The third-order valence-electron chi connectivity index (χ3n) is 3.18. The molecule has 1 fully saturated rings. The minimum Gasteiger partial charge on any atom is -0.494 e. The number of benzene rings is 1. The first-order valence-electron chi connectivity index (χ1n) is 6.82. The van der Waals surface area contributed by atoms with Crippen LogP contribution in [-0.4, -0.2) is 17.8 Å². The van der Waals surface area contributed by atoms with E-state index in [9.17, 15) is 4.79 Å². The first kappa shape index (κ1) is 14.1. The number of hydrogen-bond donors (Lipinski definition) is 0. The number of Topliss-reactive ketones (excluding diaryl/α,β-unsaturated/α-hetero) is 1. The fraction of sp³-hybridized carbons (Fsp3) is 0.438. The smallest absolute Gasteiger partial charge is 0.176 e. The molecule has 0 radical (unpaired) electrons. The lowest BCUT2D eigenvalue weighted by molar-refractivity contribution is -0.116. The van der Waals surface area contributed by atoms with E-state index in [1.54, 1.807) is 0 Å². The third-order valence-corrected chi connectivity index (χ3v) is 3.59. The van der Waals surface area contributed by atoms with E-state index >= 15 is 0 Å². The Bertz CT molecular complexity index is 479. The van der Waals surface area contributed by atoms with Crippen LogP contribution in [0.4, 0.5) is 0 Å². The first-order valence-corrected chi connectivity index (χ1v) is 7.26. The number of rotatable bonds is 4. The largest absolute Gasteiger partial charge is 0.494 e. The number of carbonyl (C=O) groups excluding carboxylic acids is 1. The van der Waals surface area contributed by atoms with E-state index in [-0.39, 0.29) is 11.2 Å². The van der Waals surface area contributed by atoms with Crippen molar-refractivity contribution in [3.05, 3.63) is 35.4 Å². The molecule has 19 heavy (non-hydrogen) atoms. The van der Waals surface area contributed by atoms with E-state index in [2.05, 4.69) is 6.92 Å². The molecule has 1 aliphatic rings. The lowest BCUT2D eigenvalue weighted by atomic mass is 9.91. The summed E-state index contributed by atoms with van der Waals surface area (Å²) < 4.78 is 5.59. The van der Waals surface area contributed by atoms with Crippen molar-refractivity contribution in [2.75, 3.05) is 6.61 Å². The van der Waals surface area contributed by atoms with Crippen molar-refractivity contribution >= 4 is 23.5 Å². The summed E-state index contributed by atoms with van der Waals surface area (Å²) in [7, 11) is 0. The van der Waals surface area contributed by atoms with Gasteiger partial charge in [-0.3, -0.25) is 4.79 Å². The number of halogens is 1. The van der Waals surface area contributed by atoms with Gasteiger partial charge in [0.05, 0.1) is 12.0 Å². The van der Waals surface area contributed by atoms with Crippen molar-refractivity contribution in [1.82, 2.24) is 0 Å². The summed E-state index contributed by atoms with van der Waals surface area (Å²) in [5.41, 5.74) is 1.83. The summed E-state index contributed by atoms with van der Waals surface area (Å²) in [5, 5.41) is -0.348. The van der Waals surface area contributed by atoms with Gasteiger partial charge in [0.2, 0.25) is 0 Å². The van der Waals surface area contributed by atoms with Gasteiger partial charge in [-0.15, -0.1) is 11.6 Å². The summed E-state index contributed by atoms with van der Waals surface area (Å²) in [4.78, 5) is 12.0. The maximum atomic E-state index is 12.0. The lowest BCUT2D eigenvalue weighted by Gasteiger charge is -2.17. The Balaban J connectivity index is 2.15. The minimum absolute atomic E-state index is 0.0767. The van der Waals surface area contributed by atoms with Crippen molar-refractivity contribution in [1.29, 1.82) is 0 Å². The van der Waals surface area contributed by atoms with Gasteiger partial charge in [0.1, 0.15) is 5.75 Å². The molecule has 1 unspecified atom stereocenters. The quantitative estimate of drug-likeness (QED) is 0.609. The second kappa shape index (κ2) is 6.76. The molecule has 1 saturated carbocycles. The molecule has 1 aliphatic carbocycles. The number of ketones is 1. The zero-order valence-corrected chi connectivity index (χ0v) is 12.0. The van der Waals surface area contributed by atoms with Crippen molar-refractivity contribution in [3.8, 4) is 5.75 Å². The van der Waals surface area contributed by atoms with Gasteiger partial charge in [0.15, 0.2) is 5.78 Å². The first-order chi connectivity index (χ1) is 9.20. The van der Waals surface area contributed by atoms with Crippen LogP contribution in [0.5, 0.6) is 5.75 Å². The van der Waals surface area contributed by atoms with Crippen molar-refractivity contribution in [2.24, 2.45) is 0 Å². The Morgan fingerprint density at radius 1 is 1.47 bits per heavy atom. The molecule has 0 bridgehead atoms. The van der Waals surface area contributed by atoms with Crippen LogP contribution < -0.4 is 4.74 Å². The fourth-order valence-corrected chi connectivity index (χ4v) is 2.48. The van der Waals surface area contributed by atoms with Gasteiger partial charge in [-0.25, -0.2) is 0 Å². The molecule has 0 heterocycles. The average molecular weight is 279 g/mol. The van der Waals surface area contributed by atoms with Gasteiger partial charge in [-0.05, 0) is 55.0 Å². The third kappa shape index (κ3) is 3.84. The summed E-state index contributed by atoms with van der Waals surface area (Å²) in [6.45, 7) is 2.79. The van der Waals surface area contributed by atoms with Crippen LogP contribution in [0.1, 0.15) is 38.2 Å². The molecule has 2 nitrogen and oxygen atoms in total. The summed E-state index contributed by atoms with van der Waals surface area (Å²) in [6.07, 6.45) is 5.52. The number of alkyl halides is 1. The van der Waals surface area contributed by atoms with E-state index in [1.165, 1.54) is 0 Å². The van der Waals surface area contributed by atoms with Gasteiger partial charge in [0, 0.05) is 0 Å². The van der Waals surface area contributed by atoms with Gasteiger partial charge < -0.3 is 4.74 Å². The molecule has 0 N–H and O–H groups in total. The molecule has 1 aromatic carbocycles. The van der Waals surface area contributed by atoms with Crippen molar-refractivity contribution in [3.63, 3.8) is 0 Å². The molecule has 1 atom stereocenters. The van der Waals surface area contributed by atoms with Crippen LogP contribution >= 0.6 is 11.6 Å². The summed E-state index contributed by atoms with van der Waals surface area (Å²) in [6, 6.07) is 7.83. The Morgan fingerprint density at radius 2 is 2.32 bits per heavy atom. The Hall–Kier alpha value is -1.28. The average Bonchev–Trinajstić information content (AvgIpc) is 2.42.